The van der Waals surface area contributed by atoms with Gasteiger partial charge in [-0.2, -0.15) is 0 Å². The molecule has 11 unspecified atom stereocenters. The van der Waals surface area contributed by atoms with Crippen molar-refractivity contribution in [3.63, 3.8) is 0 Å². The highest BCUT2D eigenvalue weighted by Crippen LogP contribution is 2.68. The molecule has 0 N–H and O–H groups in total. The number of fused-ring (bicyclic) bond motifs is 6. The summed E-state index contributed by atoms with van der Waals surface area (Å²) >= 11 is 0. The molecular formula is C40H46N4O2. The van der Waals surface area contributed by atoms with E-state index < -0.39 is 0 Å². The first-order chi connectivity index (χ1) is 22.5. The molecule has 0 aromatic heterocycles. The van der Waals surface area contributed by atoms with Crippen molar-refractivity contribution < 1.29 is 9.53 Å². The van der Waals surface area contributed by atoms with Gasteiger partial charge in [0.15, 0.2) is 0 Å². The Hall–Kier alpha value is -2.93. The molecule has 6 nitrogen and oxygen atoms in total. The fraction of sp³-hybridized carbons (Fsp3) is 0.575. The first-order valence-electron chi connectivity index (χ1n) is 18.2. The number of carbonyl (C=O) groups is 1. The number of hydrogen-bond acceptors (Lipinski definition) is 5. The maximum Gasteiger partial charge on any atom is 0.224 e. The third-order valence-corrected chi connectivity index (χ3v) is 15.3. The molecule has 2 saturated carbocycles. The number of anilines is 2. The number of piperidine rings is 2. The van der Waals surface area contributed by atoms with E-state index >= 15 is 0 Å². The van der Waals surface area contributed by atoms with Crippen molar-refractivity contribution in [1.82, 2.24) is 9.80 Å². The third-order valence-electron chi connectivity index (χ3n) is 15.3. The van der Waals surface area contributed by atoms with Gasteiger partial charge in [0, 0.05) is 72.2 Å². The van der Waals surface area contributed by atoms with E-state index in [-0.39, 0.29) is 34.9 Å². The zero-order chi connectivity index (χ0) is 30.7. The molecule has 0 radical (unpaired) electrons. The molecule has 2 spiro atoms. The molecule has 1 amide bonds. The second-order valence-corrected chi connectivity index (χ2v) is 16.2. The number of nitrogens with zero attached hydrogens (tertiary/aromatic N) is 4. The first kappa shape index (κ1) is 27.1. The molecule has 11 rings (SSSR count). The SMILES string of the molecule is CC=C1CN2CCC34c5ccccc5N5C(C6C7CC8N(CCC89c8ccccc8N(C(C)=O)C69)CC7=CC)OCC(C1CC23)C54. The number of allylic oxidation sites excluding steroid dienone is 2. The maximum absolute atomic E-state index is 14.0. The molecule has 238 valence electrons. The average Bonchev–Trinajstić information content (AvgIpc) is 3.83. The van der Waals surface area contributed by atoms with E-state index in [9.17, 15) is 4.79 Å². The van der Waals surface area contributed by atoms with Crippen LogP contribution in [0.4, 0.5) is 11.4 Å². The molecule has 9 aliphatic rings. The van der Waals surface area contributed by atoms with E-state index in [1.807, 2.05) is 6.92 Å². The Morgan fingerprint density at radius 3 is 2.07 bits per heavy atom. The Morgan fingerprint density at radius 1 is 0.804 bits per heavy atom. The van der Waals surface area contributed by atoms with Crippen molar-refractivity contribution in [3.8, 4) is 0 Å². The zero-order valence-electron chi connectivity index (χ0n) is 27.4. The van der Waals surface area contributed by atoms with E-state index in [1.54, 1.807) is 16.7 Å². The van der Waals surface area contributed by atoms with Gasteiger partial charge in [-0.05, 0) is 87.7 Å². The van der Waals surface area contributed by atoms with Crippen LogP contribution in [0, 0.1) is 23.7 Å². The molecule has 11 atom stereocenters. The summed E-state index contributed by atoms with van der Waals surface area (Å²) in [5.41, 5.74) is 8.89. The smallest absolute Gasteiger partial charge is 0.224 e. The molecule has 2 aromatic rings. The summed E-state index contributed by atoms with van der Waals surface area (Å²) in [4.78, 5) is 24.7. The molecular weight excluding hydrogens is 568 g/mol. The van der Waals surface area contributed by atoms with E-state index in [0.29, 0.717) is 35.9 Å². The summed E-state index contributed by atoms with van der Waals surface area (Å²) in [6.07, 6.45) is 9.58. The first-order valence-corrected chi connectivity index (χ1v) is 18.2. The standard InChI is InChI=1S/C40H46N4O2/c1-4-24-20-41-16-14-39-30-11-7-9-13-32(30)44-36(39)28(26(24)18-33(39)41)22-46-38(44)35-27-19-34-40(15-17-42(34)21-25(27)5-2)29-10-6-8-12-31(29)43(23(3)45)37(35)40/h4-13,26-28,33-38H,14-22H2,1-3H3. The topological polar surface area (TPSA) is 39.3 Å². The van der Waals surface area contributed by atoms with Crippen molar-refractivity contribution in [2.45, 2.75) is 87.7 Å². The van der Waals surface area contributed by atoms with E-state index in [2.05, 4.69) is 94.1 Å². The van der Waals surface area contributed by atoms with Gasteiger partial charge < -0.3 is 14.5 Å². The van der Waals surface area contributed by atoms with E-state index in [4.69, 9.17) is 4.74 Å². The van der Waals surface area contributed by atoms with Gasteiger partial charge in [0.1, 0.15) is 6.23 Å². The van der Waals surface area contributed by atoms with Crippen molar-refractivity contribution in [2.24, 2.45) is 23.7 Å². The predicted molar refractivity (Wildman–Crippen MR) is 180 cm³/mol. The fourth-order valence-electron chi connectivity index (χ4n) is 13.9. The fourth-order valence-corrected chi connectivity index (χ4v) is 13.9. The number of para-hydroxylation sites is 2. The Morgan fingerprint density at radius 2 is 1.39 bits per heavy atom. The summed E-state index contributed by atoms with van der Waals surface area (Å²) in [6.45, 7) is 11.6. The van der Waals surface area contributed by atoms with Gasteiger partial charge in [-0.15, -0.1) is 0 Å². The summed E-state index contributed by atoms with van der Waals surface area (Å²) in [7, 11) is 0. The van der Waals surface area contributed by atoms with Gasteiger partial charge in [0.05, 0.1) is 12.6 Å². The van der Waals surface area contributed by atoms with Crippen LogP contribution in [0.25, 0.3) is 0 Å². The van der Waals surface area contributed by atoms with Gasteiger partial charge >= 0.3 is 0 Å². The minimum absolute atomic E-state index is 0.0504. The van der Waals surface area contributed by atoms with Crippen LogP contribution < -0.4 is 9.80 Å². The molecule has 2 aromatic carbocycles. The third kappa shape index (κ3) is 2.85. The van der Waals surface area contributed by atoms with Crippen LogP contribution in [0.5, 0.6) is 0 Å². The van der Waals surface area contributed by atoms with Crippen LogP contribution in [0.3, 0.4) is 0 Å². The van der Waals surface area contributed by atoms with Crippen LogP contribution in [-0.4, -0.2) is 78.9 Å². The summed E-state index contributed by atoms with van der Waals surface area (Å²) < 4.78 is 7.49. The van der Waals surface area contributed by atoms with Crippen molar-refractivity contribution in [1.29, 1.82) is 0 Å². The lowest BCUT2D eigenvalue weighted by Gasteiger charge is -2.63. The Bertz CT molecular complexity index is 1750. The van der Waals surface area contributed by atoms with Gasteiger partial charge in [-0.25, -0.2) is 0 Å². The second kappa shape index (κ2) is 8.94. The number of benzene rings is 2. The molecule has 5 saturated heterocycles. The molecule has 7 fully saturated rings. The lowest BCUT2D eigenvalue weighted by Crippen LogP contribution is -2.73. The highest BCUT2D eigenvalue weighted by molar-refractivity contribution is 5.96. The summed E-state index contributed by atoms with van der Waals surface area (Å²) in [5, 5.41) is 0. The summed E-state index contributed by atoms with van der Waals surface area (Å²) in [5.74, 6) is 1.87. The minimum Gasteiger partial charge on any atom is -0.358 e. The van der Waals surface area contributed by atoms with Crippen LogP contribution in [-0.2, 0) is 20.4 Å². The Labute approximate surface area is 273 Å². The van der Waals surface area contributed by atoms with Crippen LogP contribution in [0.15, 0.2) is 71.8 Å². The Balaban J connectivity index is 1.14. The number of carbonyl (C=O) groups excluding carboxylic acids is 1. The largest absolute Gasteiger partial charge is 0.358 e. The normalized spacial score (nSPS) is 46.0. The molecule has 6 heteroatoms. The lowest BCUT2D eigenvalue weighted by atomic mass is 9.53. The van der Waals surface area contributed by atoms with Gasteiger partial charge in [0.2, 0.25) is 5.91 Å². The minimum atomic E-state index is -0.0604. The maximum atomic E-state index is 14.0. The van der Waals surface area contributed by atoms with Crippen molar-refractivity contribution in [3.05, 3.63) is 83.0 Å². The second-order valence-electron chi connectivity index (χ2n) is 16.2. The van der Waals surface area contributed by atoms with Gasteiger partial charge in [-0.1, -0.05) is 59.7 Å². The van der Waals surface area contributed by atoms with Gasteiger partial charge in [-0.3, -0.25) is 14.6 Å². The lowest BCUT2D eigenvalue weighted by molar-refractivity contribution is -0.129. The zero-order valence-corrected chi connectivity index (χ0v) is 27.4. The Kier molecular flexibility index (Phi) is 5.26. The van der Waals surface area contributed by atoms with Crippen LogP contribution in [0.1, 0.15) is 57.6 Å². The molecule has 2 aliphatic carbocycles. The van der Waals surface area contributed by atoms with E-state index in [0.717, 1.165) is 44.8 Å². The van der Waals surface area contributed by atoms with Crippen molar-refractivity contribution >= 4 is 17.3 Å². The number of hydrogen-bond donors (Lipinski definition) is 0. The molecule has 46 heavy (non-hydrogen) atoms. The predicted octanol–water partition coefficient (Wildman–Crippen LogP) is 5.48. The summed E-state index contributed by atoms with van der Waals surface area (Å²) in [6, 6.07) is 20.0. The highest BCUT2D eigenvalue weighted by Gasteiger charge is 2.73. The van der Waals surface area contributed by atoms with Crippen LogP contribution >= 0.6 is 0 Å². The molecule has 7 aliphatic heterocycles. The molecule has 4 bridgehead atoms. The van der Waals surface area contributed by atoms with E-state index in [1.165, 1.54) is 30.6 Å². The van der Waals surface area contributed by atoms with Gasteiger partial charge in [0.25, 0.3) is 0 Å². The highest BCUT2D eigenvalue weighted by atomic mass is 16.5. The number of ether oxygens (including phenoxy) is 1. The van der Waals surface area contributed by atoms with Crippen LogP contribution in [0.2, 0.25) is 0 Å². The monoisotopic (exact) mass is 614 g/mol. The number of rotatable bonds is 1. The quantitative estimate of drug-likeness (QED) is 0.398. The van der Waals surface area contributed by atoms with Crippen molar-refractivity contribution in [2.75, 3.05) is 42.6 Å². The molecule has 7 heterocycles. The number of amides is 1. The average molecular weight is 615 g/mol.